The molecule has 5 heteroatoms. The summed E-state index contributed by atoms with van der Waals surface area (Å²) >= 11 is 11.1. The third-order valence-electron chi connectivity index (χ3n) is 2.14. The monoisotopic (exact) mass is 246 g/mol. The van der Waals surface area contributed by atoms with Gasteiger partial charge in [0.15, 0.2) is 0 Å². The van der Waals surface area contributed by atoms with Gasteiger partial charge in [-0.2, -0.15) is 0 Å². The van der Waals surface area contributed by atoms with Gasteiger partial charge in [0.25, 0.3) is 5.24 Å². The van der Waals surface area contributed by atoms with Crippen molar-refractivity contribution in [3.05, 3.63) is 22.7 Å². The van der Waals surface area contributed by atoms with Crippen LogP contribution in [0, 0.1) is 0 Å². The molecule has 0 amide bonds. The molecule has 0 bridgehead atoms. The molecule has 0 spiro atoms. The van der Waals surface area contributed by atoms with E-state index in [-0.39, 0.29) is 16.6 Å². The smallest absolute Gasteiger partial charge is 0.257 e. The van der Waals surface area contributed by atoms with Crippen molar-refractivity contribution in [3.8, 4) is 0 Å². The number of carbonyl (C=O) groups excluding carboxylic acids is 1. The number of nitrogens with zero attached hydrogens (tertiary/aromatic N) is 2. The SMILES string of the molecule is CCCC(C)c1ncc(C(=O)Cl)c(Cl)n1. The highest BCUT2D eigenvalue weighted by atomic mass is 35.5. The molecule has 82 valence electrons. The van der Waals surface area contributed by atoms with Crippen LogP contribution >= 0.6 is 23.2 Å². The molecule has 0 fully saturated rings. The van der Waals surface area contributed by atoms with Gasteiger partial charge in [0.1, 0.15) is 11.0 Å². The van der Waals surface area contributed by atoms with Crippen LogP contribution in [0.4, 0.5) is 0 Å². The largest absolute Gasteiger partial charge is 0.275 e. The summed E-state index contributed by atoms with van der Waals surface area (Å²) in [6, 6.07) is 0. The third kappa shape index (κ3) is 3.14. The van der Waals surface area contributed by atoms with Crippen molar-refractivity contribution in [2.75, 3.05) is 0 Å². The molecule has 1 atom stereocenters. The Kier molecular flexibility index (Phi) is 4.48. The van der Waals surface area contributed by atoms with Gasteiger partial charge < -0.3 is 0 Å². The minimum Gasteiger partial charge on any atom is -0.275 e. The second kappa shape index (κ2) is 5.42. The van der Waals surface area contributed by atoms with Crippen LogP contribution in [0.3, 0.4) is 0 Å². The van der Waals surface area contributed by atoms with Gasteiger partial charge in [-0.15, -0.1) is 0 Å². The van der Waals surface area contributed by atoms with E-state index in [0.29, 0.717) is 5.82 Å². The number of hydrogen-bond acceptors (Lipinski definition) is 3. The molecular weight excluding hydrogens is 235 g/mol. The maximum atomic E-state index is 10.9. The molecule has 1 rings (SSSR count). The molecule has 0 aromatic carbocycles. The van der Waals surface area contributed by atoms with Gasteiger partial charge in [-0.05, 0) is 18.0 Å². The average molecular weight is 247 g/mol. The second-order valence-corrected chi connectivity index (χ2v) is 4.10. The van der Waals surface area contributed by atoms with Crippen LogP contribution < -0.4 is 0 Å². The van der Waals surface area contributed by atoms with E-state index in [1.54, 1.807) is 0 Å². The maximum absolute atomic E-state index is 10.9. The Labute approximate surface area is 98.8 Å². The average Bonchev–Trinajstić information content (AvgIpc) is 2.17. The predicted molar refractivity (Wildman–Crippen MR) is 60.5 cm³/mol. The summed E-state index contributed by atoms with van der Waals surface area (Å²) in [5, 5.41) is -0.502. The lowest BCUT2D eigenvalue weighted by atomic mass is 10.1. The summed E-state index contributed by atoms with van der Waals surface area (Å²) in [6.45, 7) is 4.12. The Balaban J connectivity index is 2.96. The van der Waals surface area contributed by atoms with E-state index in [1.165, 1.54) is 6.20 Å². The number of hydrogen-bond donors (Lipinski definition) is 0. The molecule has 1 unspecified atom stereocenters. The van der Waals surface area contributed by atoms with E-state index in [0.717, 1.165) is 12.8 Å². The topological polar surface area (TPSA) is 42.9 Å². The quantitative estimate of drug-likeness (QED) is 0.604. The molecule has 0 saturated heterocycles. The van der Waals surface area contributed by atoms with Gasteiger partial charge >= 0.3 is 0 Å². The van der Waals surface area contributed by atoms with Crippen LogP contribution in [0.1, 0.15) is 48.8 Å². The van der Waals surface area contributed by atoms with E-state index in [4.69, 9.17) is 23.2 Å². The number of rotatable bonds is 4. The molecular formula is C10H12Cl2N2O. The van der Waals surface area contributed by atoms with Crippen LogP contribution in [0.25, 0.3) is 0 Å². The zero-order valence-electron chi connectivity index (χ0n) is 8.63. The van der Waals surface area contributed by atoms with Gasteiger partial charge in [0, 0.05) is 12.1 Å². The summed E-state index contributed by atoms with van der Waals surface area (Å²) in [4.78, 5) is 19.0. The van der Waals surface area contributed by atoms with Gasteiger partial charge in [0.2, 0.25) is 0 Å². The van der Waals surface area contributed by atoms with Crippen molar-refractivity contribution in [2.45, 2.75) is 32.6 Å². The van der Waals surface area contributed by atoms with E-state index in [9.17, 15) is 4.79 Å². The van der Waals surface area contributed by atoms with Crippen LogP contribution in [-0.2, 0) is 0 Å². The van der Waals surface area contributed by atoms with Gasteiger partial charge in [-0.3, -0.25) is 4.79 Å². The Morgan fingerprint density at radius 2 is 2.27 bits per heavy atom. The summed E-state index contributed by atoms with van der Waals surface area (Å²) in [5.41, 5.74) is 0.158. The first-order chi connectivity index (χ1) is 7.06. The summed E-state index contributed by atoms with van der Waals surface area (Å²) in [6.07, 6.45) is 3.43. The molecule has 0 radical (unpaired) electrons. The Bertz CT molecular complexity index is 368. The van der Waals surface area contributed by atoms with Gasteiger partial charge in [-0.25, -0.2) is 9.97 Å². The summed E-state index contributed by atoms with van der Waals surface area (Å²) < 4.78 is 0. The second-order valence-electron chi connectivity index (χ2n) is 3.40. The fourth-order valence-electron chi connectivity index (χ4n) is 1.31. The highest BCUT2D eigenvalue weighted by molar-refractivity contribution is 6.68. The zero-order valence-corrected chi connectivity index (χ0v) is 10.1. The maximum Gasteiger partial charge on any atom is 0.257 e. The van der Waals surface area contributed by atoms with Crippen LogP contribution in [0.15, 0.2) is 6.20 Å². The Morgan fingerprint density at radius 3 is 2.73 bits per heavy atom. The van der Waals surface area contributed by atoms with E-state index in [2.05, 4.69) is 16.9 Å². The fourth-order valence-corrected chi connectivity index (χ4v) is 1.71. The summed E-state index contributed by atoms with van der Waals surface area (Å²) in [5.74, 6) is 0.899. The molecule has 3 nitrogen and oxygen atoms in total. The van der Waals surface area contributed by atoms with Gasteiger partial charge in [0.05, 0.1) is 5.56 Å². The summed E-state index contributed by atoms with van der Waals surface area (Å²) in [7, 11) is 0. The number of carbonyl (C=O) groups is 1. The zero-order chi connectivity index (χ0) is 11.4. The first-order valence-corrected chi connectivity index (χ1v) is 5.54. The molecule has 15 heavy (non-hydrogen) atoms. The highest BCUT2D eigenvalue weighted by Gasteiger charge is 2.13. The molecule has 0 aliphatic heterocycles. The number of halogens is 2. The van der Waals surface area contributed by atoms with E-state index < -0.39 is 5.24 Å². The van der Waals surface area contributed by atoms with Crippen molar-refractivity contribution in [1.29, 1.82) is 0 Å². The first kappa shape index (κ1) is 12.4. The highest BCUT2D eigenvalue weighted by Crippen LogP contribution is 2.20. The lowest BCUT2D eigenvalue weighted by molar-refractivity contribution is 0.108. The fraction of sp³-hybridized carbons (Fsp3) is 0.500. The molecule has 1 heterocycles. The van der Waals surface area contributed by atoms with Crippen molar-refractivity contribution in [1.82, 2.24) is 9.97 Å². The van der Waals surface area contributed by atoms with Crippen LogP contribution in [0.2, 0.25) is 5.15 Å². The van der Waals surface area contributed by atoms with Crippen LogP contribution in [0.5, 0.6) is 0 Å². The first-order valence-electron chi connectivity index (χ1n) is 4.78. The minimum absolute atomic E-state index is 0.128. The third-order valence-corrected chi connectivity index (χ3v) is 2.63. The van der Waals surface area contributed by atoms with Crippen molar-refractivity contribution >= 4 is 28.4 Å². The minimum atomic E-state index is -0.630. The number of aromatic nitrogens is 2. The standard InChI is InChI=1S/C10H12Cl2N2O/c1-3-4-6(2)10-13-5-7(9(12)15)8(11)14-10/h5-6H,3-4H2,1-2H3. The molecule has 1 aromatic rings. The molecule has 0 aliphatic carbocycles. The molecule has 0 saturated carbocycles. The predicted octanol–water partition coefficient (Wildman–Crippen LogP) is 3.41. The van der Waals surface area contributed by atoms with Crippen molar-refractivity contribution in [3.63, 3.8) is 0 Å². The van der Waals surface area contributed by atoms with Crippen LogP contribution in [-0.4, -0.2) is 15.2 Å². The van der Waals surface area contributed by atoms with Crippen molar-refractivity contribution in [2.24, 2.45) is 0 Å². The van der Waals surface area contributed by atoms with Gasteiger partial charge in [-0.1, -0.05) is 31.9 Å². The molecule has 1 aromatic heterocycles. The normalized spacial score (nSPS) is 12.5. The molecule has 0 aliphatic rings. The Morgan fingerprint density at radius 1 is 1.60 bits per heavy atom. The van der Waals surface area contributed by atoms with E-state index in [1.807, 2.05) is 6.92 Å². The lowest BCUT2D eigenvalue weighted by Gasteiger charge is -2.08. The Hall–Kier alpha value is -0.670. The van der Waals surface area contributed by atoms with E-state index >= 15 is 0 Å². The molecule has 0 N–H and O–H groups in total. The lowest BCUT2D eigenvalue weighted by Crippen LogP contribution is -2.04. The van der Waals surface area contributed by atoms with Crippen molar-refractivity contribution < 1.29 is 4.79 Å².